The van der Waals surface area contributed by atoms with Gasteiger partial charge in [0.15, 0.2) is 0 Å². The highest BCUT2D eigenvalue weighted by Gasteiger charge is 2.29. The molecule has 2 aromatic rings. The van der Waals surface area contributed by atoms with E-state index >= 15 is 0 Å². The Morgan fingerprint density at radius 2 is 2.12 bits per heavy atom. The number of aromatic nitrogens is 1. The molecule has 0 bridgehead atoms. The predicted molar refractivity (Wildman–Crippen MR) is 92.5 cm³/mol. The fraction of sp³-hybridized carbons (Fsp3) is 0.294. The van der Waals surface area contributed by atoms with Crippen LogP contribution >= 0.6 is 11.3 Å². The molecule has 0 radical (unpaired) electrons. The summed E-state index contributed by atoms with van der Waals surface area (Å²) in [7, 11) is 0. The SMILES string of the molecule is O=C1CCC(C(=O)N(Cc2cccnc2)Cc2ccsc2)NC(=O)N1. The normalized spacial score (nSPS) is 17.4. The topological polar surface area (TPSA) is 91.4 Å². The van der Waals surface area contributed by atoms with Crippen LogP contribution in [0.25, 0.3) is 0 Å². The van der Waals surface area contributed by atoms with Crippen LogP contribution in [-0.4, -0.2) is 33.8 Å². The van der Waals surface area contributed by atoms with E-state index in [0.29, 0.717) is 13.1 Å². The lowest BCUT2D eigenvalue weighted by Gasteiger charge is -2.26. The second-order valence-electron chi connectivity index (χ2n) is 5.80. The fourth-order valence-electron chi connectivity index (χ4n) is 2.66. The second-order valence-corrected chi connectivity index (χ2v) is 6.58. The van der Waals surface area contributed by atoms with Gasteiger partial charge in [-0.15, -0.1) is 0 Å². The molecular weight excluding hydrogens is 340 g/mol. The van der Waals surface area contributed by atoms with Gasteiger partial charge in [0, 0.05) is 31.9 Å². The Morgan fingerprint density at radius 3 is 2.84 bits per heavy atom. The van der Waals surface area contributed by atoms with Crippen LogP contribution in [0.5, 0.6) is 0 Å². The van der Waals surface area contributed by atoms with Crippen LogP contribution in [0.2, 0.25) is 0 Å². The fourth-order valence-corrected chi connectivity index (χ4v) is 3.32. The maximum atomic E-state index is 13.0. The number of amides is 4. The summed E-state index contributed by atoms with van der Waals surface area (Å²) in [6, 6.07) is 4.33. The highest BCUT2D eigenvalue weighted by molar-refractivity contribution is 7.07. The summed E-state index contributed by atoms with van der Waals surface area (Å²) in [6.45, 7) is 0.821. The van der Waals surface area contributed by atoms with Crippen molar-refractivity contribution in [1.82, 2.24) is 20.5 Å². The van der Waals surface area contributed by atoms with Gasteiger partial charge in [0.1, 0.15) is 6.04 Å². The molecule has 0 aromatic carbocycles. The minimum absolute atomic E-state index is 0.133. The maximum absolute atomic E-state index is 13.0. The van der Waals surface area contributed by atoms with Crippen molar-refractivity contribution in [1.29, 1.82) is 0 Å². The lowest BCUT2D eigenvalue weighted by atomic mass is 10.1. The predicted octanol–water partition coefficient (Wildman–Crippen LogP) is 1.66. The third-order valence-electron chi connectivity index (χ3n) is 3.88. The molecule has 3 heterocycles. The average Bonchev–Trinajstić information content (AvgIpc) is 3.05. The van der Waals surface area contributed by atoms with Crippen molar-refractivity contribution in [2.24, 2.45) is 0 Å². The number of imide groups is 1. The zero-order valence-corrected chi connectivity index (χ0v) is 14.3. The van der Waals surface area contributed by atoms with Crippen LogP contribution in [0.4, 0.5) is 4.79 Å². The van der Waals surface area contributed by atoms with E-state index in [1.807, 2.05) is 29.0 Å². The Hall–Kier alpha value is -2.74. The van der Waals surface area contributed by atoms with Crippen molar-refractivity contribution in [2.75, 3.05) is 0 Å². The van der Waals surface area contributed by atoms with Crippen LogP contribution in [0, 0.1) is 0 Å². The van der Waals surface area contributed by atoms with E-state index in [4.69, 9.17) is 0 Å². The molecule has 1 aliphatic heterocycles. The molecule has 1 fully saturated rings. The van der Waals surface area contributed by atoms with E-state index in [9.17, 15) is 14.4 Å². The highest BCUT2D eigenvalue weighted by atomic mass is 32.1. The summed E-state index contributed by atoms with van der Waals surface area (Å²) in [6.07, 6.45) is 3.81. The first-order valence-corrected chi connectivity index (χ1v) is 8.85. The van der Waals surface area contributed by atoms with Crippen LogP contribution < -0.4 is 10.6 Å². The molecule has 4 amide bonds. The second kappa shape index (κ2) is 7.89. The number of carbonyl (C=O) groups excluding carboxylic acids is 3. The number of carbonyl (C=O) groups is 3. The summed E-state index contributed by atoms with van der Waals surface area (Å²) in [5.41, 5.74) is 1.93. The molecular formula is C17H18N4O3S. The van der Waals surface area contributed by atoms with E-state index in [0.717, 1.165) is 11.1 Å². The Balaban J connectivity index is 1.78. The summed E-state index contributed by atoms with van der Waals surface area (Å²) in [4.78, 5) is 41.9. The van der Waals surface area contributed by atoms with Gasteiger partial charge >= 0.3 is 6.03 Å². The minimum atomic E-state index is -0.721. The standard InChI is InChI=1S/C17H18N4O3S/c22-15-4-3-14(19-17(24)20-15)16(23)21(10-13-5-7-25-11-13)9-12-2-1-6-18-8-12/h1-2,5-8,11,14H,3-4,9-10H2,(H2,19,20,22,24). The average molecular weight is 358 g/mol. The van der Waals surface area contributed by atoms with Gasteiger partial charge in [-0.25, -0.2) is 4.79 Å². The number of urea groups is 1. The van der Waals surface area contributed by atoms with Crippen LogP contribution in [0.1, 0.15) is 24.0 Å². The lowest BCUT2D eigenvalue weighted by Crippen LogP contribution is -2.49. The monoisotopic (exact) mass is 358 g/mol. The van der Waals surface area contributed by atoms with Gasteiger partial charge in [-0.3, -0.25) is 19.9 Å². The van der Waals surface area contributed by atoms with Crippen molar-refractivity contribution in [3.05, 3.63) is 52.5 Å². The molecule has 3 rings (SSSR count). The first-order valence-electron chi connectivity index (χ1n) is 7.91. The molecule has 2 N–H and O–H groups in total. The molecule has 0 aliphatic carbocycles. The van der Waals surface area contributed by atoms with E-state index < -0.39 is 12.1 Å². The largest absolute Gasteiger partial charge is 0.332 e. The first-order chi connectivity index (χ1) is 12.1. The van der Waals surface area contributed by atoms with Crippen molar-refractivity contribution < 1.29 is 14.4 Å². The van der Waals surface area contributed by atoms with Crippen LogP contribution in [-0.2, 0) is 22.7 Å². The van der Waals surface area contributed by atoms with E-state index in [2.05, 4.69) is 15.6 Å². The Kier molecular flexibility index (Phi) is 5.39. The van der Waals surface area contributed by atoms with Crippen molar-refractivity contribution >= 4 is 29.2 Å². The molecule has 0 spiro atoms. The molecule has 8 heteroatoms. The van der Waals surface area contributed by atoms with E-state index in [-0.39, 0.29) is 24.7 Å². The van der Waals surface area contributed by atoms with Gasteiger partial charge in [0.2, 0.25) is 11.8 Å². The number of thiophene rings is 1. The third-order valence-corrected chi connectivity index (χ3v) is 4.61. The molecule has 1 aliphatic rings. The van der Waals surface area contributed by atoms with Crippen LogP contribution in [0.3, 0.4) is 0 Å². The Labute approximate surface area is 149 Å². The molecule has 130 valence electrons. The zero-order valence-electron chi connectivity index (χ0n) is 13.5. The maximum Gasteiger partial charge on any atom is 0.322 e. The van der Waals surface area contributed by atoms with Gasteiger partial charge in [-0.1, -0.05) is 6.07 Å². The molecule has 0 saturated carbocycles. The number of pyridine rings is 1. The zero-order chi connectivity index (χ0) is 17.6. The van der Waals surface area contributed by atoms with Gasteiger partial charge in [0.05, 0.1) is 0 Å². The van der Waals surface area contributed by atoms with Crippen molar-refractivity contribution in [2.45, 2.75) is 32.0 Å². The Morgan fingerprint density at radius 1 is 1.28 bits per heavy atom. The van der Waals surface area contributed by atoms with Gasteiger partial charge < -0.3 is 10.2 Å². The van der Waals surface area contributed by atoms with Gasteiger partial charge in [-0.05, 0) is 40.4 Å². The van der Waals surface area contributed by atoms with Crippen molar-refractivity contribution in [3.63, 3.8) is 0 Å². The lowest BCUT2D eigenvalue weighted by molar-refractivity contribution is -0.134. The number of hydrogen-bond donors (Lipinski definition) is 2. The van der Waals surface area contributed by atoms with E-state index in [1.54, 1.807) is 28.6 Å². The number of nitrogens with zero attached hydrogens (tertiary/aromatic N) is 2. The summed E-state index contributed by atoms with van der Waals surface area (Å²) < 4.78 is 0. The quantitative estimate of drug-likeness (QED) is 0.850. The van der Waals surface area contributed by atoms with Crippen molar-refractivity contribution in [3.8, 4) is 0 Å². The molecule has 7 nitrogen and oxygen atoms in total. The minimum Gasteiger partial charge on any atom is -0.332 e. The number of hydrogen-bond acceptors (Lipinski definition) is 5. The summed E-state index contributed by atoms with van der Waals surface area (Å²) >= 11 is 1.56. The van der Waals surface area contributed by atoms with Crippen LogP contribution in [0.15, 0.2) is 41.4 Å². The summed E-state index contributed by atoms with van der Waals surface area (Å²) in [5.74, 6) is -0.579. The molecule has 1 saturated heterocycles. The molecule has 2 aromatic heterocycles. The van der Waals surface area contributed by atoms with Gasteiger partial charge in [-0.2, -0.15) is 11.3 Å². The third kappa shape index (κ3) is 4.63. The smallest absolute Gasteiger partial charge is 0.322 e. The number of nitrogens with one attached hydrogen (secondary N) is 2. The Bertz CT molecular complexity index is 749. The highest BCUT2D eigenvalue weighted by Crippen LogP contribution is 2.15. The molecule has 1 unspecified atom stereocenters. The van der Waals surface area contributed by atoms with E-state index in [1.165, 1.54) is 0 Å². The van der Waals surface area contributed by atoms with Gasteiger partial charge in [0.25, 0.3) is 0 Å². The molecule has 1 atom stereocenters. The first kappa shape index (κ1) is 17.1. The molecule has 25 heavy (non-hydrogen) atoms. The number of rotatable bonds is 5. The summed E-state index contributed by atoms with van der Waals surface area (Å²) in [5, 5.41) is 8.72.